The van der Waals surface area contributed by atoms with Crippen LogP contribution in [-0.4, -0.2) is 9.55 Å². The van der Waals surface area contributed by atoms with Crippen LogP contribution in [0.3, 0.4) is 0 Å². The van der Waals surface area contributed by atoms with Gasteiger partial charge in [0.1, 0.15) is 0 Å². The van der Waals surface area contributed by atoms with Crippen LogP contribution in [0.4, 0.5) is 0 Å². The SMILES string of the molecule is CC(C)(C1CC1)n1c(=S)[nH]c2ccccc2c1=O. The summed E-state index contributed by atoms with van der Waals surface area (Å²) in [5.41, 5.74) is 0.635. The van der Waals surface area contributed by atoms with Gasteiger partial charge >= 0.3 is 0 Å². The minimum Gasteiger partial charge on any atom is -0.332 e. The van der Waals surface area contributed by atoms with Crippen LogP contribution in [0.1, 0.15) is 26.7 Å². The molecule has 1 fully saturated rings. The molecule has 94 valence electrons. The zero-order valence-electron chi connectivity index (χ0n) is 10.6. The van der Waals surface area contributed by atoms with Gasteiger partial charge in [0.25, 0.3) is 5.56 Å². The maximum Gasteiger partial charge on any atom is 0.262 e. The van der Waals surface area contributed by atoms with Crippen LogP contribution in [0.5, 0.6) is 0 Å². The lowest BCUT2D eigenvalue weighted by Crippen LogP contribution is -2.39. The summed E-state index contributed by atoms with van der Waals surface area (Å²) in [6.07, 6.45) is 2.36. The molecule has 1 aliphatic carbocycles. The quantitative estimate of drug-likeness (QED) is 0.842. The summed E-state index contributed by atoms with van der Waals surface area (Å²) in [5.74, 6) is 0.562. The Kier molecular flexibility index (Phi) is 2.45. The largest absolute Gasteiger partial charge is 0.332 e. The Morgan fingerprint density at radius 3 is 2.67 bits per heavy atom. The minimum atomic E-state index is -0.200. The first-order valence-electron chi connectivity index (χ1n) is 6.26. The van der Waals surface area contributed by atoms with Crippen molar-refractivity contribution in [1.82, 2.24) is 9.55 Å². The third-order valence-electron chi connectivity index (χ3n) is 3.96. The average molecular weight is 260 g/mol. The van der Waals surface area contributed by atoms with Gasteiger partial charge in [-0.3, -0.25) is 9.36 Å². The molecule has 4 heteroatoms. The second kappa shape index (κ2) is 3.79. The fourth-order valence-corrected chi connectivity index (χ4v) is 3.09. The van der Waals surface area contributed by atoms with Crippen LogP contribution in [0, 0.1) is 10.7 Å². The molecule has 0 spiro atoms. The Bertz CT molecular complexity index is 722. The molecule has 1 aromatic carbocycles. The molecule has 3 nitrogen and oxygen atoms in total. The Morgan fingerprint density at radius 2 is 2.00 bits per heavy atom. The molecule has 0 radical (unpaired) electrons. The number of fused-ring (bicyclic) bond motifs is 1. The lowest BCUT2D eigenvalue weighted by atomic mass is 9.98. The first kappa shape index (κ1) is 11.7. The van der Waals surface area contributed by atoms with Crippen LogP contribution in [0.25, 0.3) is 10.9 Å². The van der Waals surface area contributed by atoms with E-state index in [4.69, 9.17) is 12.2 Å². The van der Waals surface area contributed by atoms with E-state index in [2.05, 4.69) is 18.8 Å². The monoisotopic (exact) mass is 260 g/mol. The number of H-pyrrole nitrogens is 1. The standard InChI is InChI=1S/C14H16N2OS/c1-14(2,9-7-8-9)16-12(17)10-5-3-4-6-11(10)15-13(16)18/h3-6,9H,7-8H2,1-2H3,(H,15,18). The smallest absolute Gasteiger partial charge is 0.262 e. The van der Waals surface area contributed by atoms with Gasteiger partial charge in [0.05, 0.1) is 10.9 Å². The molecule has 0 amide bonds. The minimum absolute atomic E-state index is 0.0197. The molecule has 0 aliphatic heterocycles. The molecule has 18 heavy (non-hydrogen) atoms. The van der Waals surface area contributed by atoms with Crippen molar-refractivity contribution in [2.45, 2.75) is 32.2 Å². The topological polar surface area (TPSA) is 37.8 Å². The molecule has 1 N–H and O–H groups in total. The van der Waals surface area contributed by atoms with Gasteiger partial charge in [0, 0.05) is 5.54 Å². The number of para-hydroxylation sites is 1. The molecular weight excluding hydrogens is 244 g/mol. The van der Waals surface area contributed by atoms with Gasteiger partial charge in [-0.05, 0) is 57.0 Å². The highest BCUT2D eigenvalue weighted by Crippen LogP contribution is 2.43. The number of aromatic amines is 1. The van der Waals surface area contributed by atoms with E-state index >= 15 is 0 Å². The molecule has 2 aromatic rings. The Labute approximate surface area is 110 Å². The summed E-state index contributed by atoms with van der Waals surface area (Å²) < 4.78 is 2.28. The molecule has 0 atom stereocenters. The second-order valence-electron chi connectivity index (χ2n) is 5.54. The highest BCUT2D eigenvalue weighted by Gasteiger charge is 2.40. The molecule has 0 saturated heterocycles. The van der Waals surface area contributed by atoms with Gasteiger partial charge in [0.15, 0.2) is 4.77 Å². The number of aromatic nitrogens is 2. The second-order valence-corrected chi connectivity index (χ2v) is 5.93. The summed E-state index contributed by atoms with van der Waals surface area (Å²) in [7, 11) is 0. The van der Waals surface area contributed by atoms with Crippen molar-refractivity contribution in [3.8, 4) is 0 Å². The van der Waals surface area contributed by atoms with Crippen molar-refractivity contribution in [1.29, 1.82) is 0 Å². The van der Waals surface area contributed by atoms with E-state index in [0.717, 1.165) is 5.52 Å². The van der Waals surface area contributed by atoms with Gasteiger partial charge in [-0.2, -0.15) is 0 Å². The predicted molar refractivity (Wildman–Crippen MR) is 75.4 cm³/mol. The maximum absolute atomic E-state index is 12.6. The molecule has 1 aromatic heterocycles. The predicted octanol–water partition coefficient (Wildman–Crippen LogP) is 3.20. The van der Waals surface area contributed by atoms with E-state index in [-0.39, 0.29) is 11.1 Å². The Hall–Kier alpha value is -1.42. The van der Waals surface area contributed by atoms with E-state index in [1.807, 2.05) is 24.3 Å². The van der Waals surface area contributed by atoms with Crippen LogP contribution in [0.15, 0.2) is 29.1 Å². The number of benzene rings is 1. The highest BCUT2D eigenvalue weighted by atomic mass is 32.1. The summed E-state index contributed by atoms with van der Waals surface area (Å²) >= 11 is 5.37. The average Bonchev–Trinajstić information content (AvgIpc) is 3.12. The van der Waals surface area contributed by atoms with Gasteiger partial charge in [-0.15, -0.1) is 0 Å². The number of hydrogen-bond acceptors (Lipinski definition) is 2. The molecule has 3 rings (SSSR count). The fraction of sp³-hybridized carbons (Fsp3) is 0.429. The summed E-state index contributed by atoms with van der Waals surface area (Å²) in [5, 5.41) is 0.708. The molecule has 1 heterocycles. The van der Waals surface area contributed by atoms with E-state index < -0.39 is 0 Å². The first-order valence-corrected chi connectivity index (χ1v) is 6.67. The van der Waals surface area contributed by atoms with Gasteiger partial charge in [0.2, 0.25) is 0 Å². The van der Waals surface area contributed by atoms with E-state index in [1.54, 1.807) is 4.57 Å². The van der Waals surface area contributed by atoms with E-state index in [1.165, 1.54) is 12.8 Å². The zero-order valence-corrected chi connectivity index (χ0v) is 11.4. The van der Waals surface area contributed by atoms with Gasteiger partial charge in [-0.1, -0.05) is 12.1 Å². The number of rotatable bonds is 2. The van der Waals surface area contributed by atoms with Crippen LogP contribution < -0.4 is 5.56 Å². The van der Waals surface area contributed by atoms with Gasteiger partial charge in [-0.25, -0.2) is 0 Å². The lowest BCUT2D eigenvalue weighted by Gasteiger charge is -2.27. The van der Waals surface area contributed by atoms with Crippen molar-refractivity contribution in [3.05, 3.63) is 39.4 Å². The Morgan fingerprint density at radius 1 is 1.33 bits per heavy atom. The van der Waals surface area contributed by atoms with Crippen molar-refractivity contribution >= 4 is 23.1 Å². The molecule has 1 saturated carbocycles. The van der Waals surface area contributed by atoms with Gasteiger partial charge < -0.3 is 4.98 Å². The highest BCUT2D eigenvalue weighted by molar-refractivity contribution is 7.71. The molecule has 1 aliphatic rings. The summed E-state index contributed by atoms with van der Waals surface area (Å²) in [6.45, 7) is 4.20. The number of hydrogen-bond donors (Lipinski definition) is 1. The third-order valence-corrected chi connectivity index (χ3v) is 4.24. The fourth-order valence-electron chi connectivity index (χ4n) is 2.66. The van der Waals surface area contributed by atoms with Crippen molar-refractivity contribution in [3.63, 3.8) is 0 Å². The van der Waals surface area contributed by atoms with Crippen molar-refractivity contribution in [2.24, 2.45) is 5.92 Å². The van der Waals surface area contributed by atoms with Crippen LogP contribution >= 0.6 is 12.2 Å². The molecule has 0 unspecified atom stereocenters. The summed E-state index contributed by atoms with van der Waals surface area (Å²) in [6, 6.07) is 7.53. The van der Waals surface area contributed by atoms with E-state index in [9.17, 15) is 4.79 Å². The Balaban J connectivity index is 2.36. The van der Waals surface area contributed by atoms with E-state index in [0.29, 0.717) is 16.1 Å². The van der Waals surface area contributed by atoms with Crippen LogP contribution in [-0.2, 0) is 5.54 Å². The van der Waals surface area contributed by atoms with Crippen molar-refractivity contribution in [2.75, 3.05) is 0 Å². The molecule has 0 bridgehead atoms. The number of nitrogens with zero attached hydrogens (tertiary/aromatic N) is 1. The maximum atomic E-state index is 12.6. The molecular formula is C14H16N2OS. The number of nitrogens with one attached hydrogen (secondary N) is 1. The first-order chi connectivity index (χ1) is 8.51. The lowest BCUT2D eigenvalue weighted by molar-refractivity contribution is 0.290. The normalized spacial score (nSPS) is 16.1. The summed E-state index contributed by atoms with van der Waals surface area (Å²) in [4.78, 5) is 15.8. The third kappa shape index (κ3) is 1.63. The van der Waals surface area contributed by atoms with Crippen molar-refractivity contribution < 1.29 is 0 Å². The zero-order chi connectivity index (χ0) is 12.9. The van der Waals surface area contributed by atoms with Crippen LogP contribution in [0.2, 0.25) is 0 Å².